The number of hydrogen-bond acceptors (Lipinski definition) is 4. The van der Waals surface area contributed by atoms with Crippen LogP contribution in [0.4, 0.5) is 0 Å². The van der Waals surface area contributed by atoms with Crippen molar-refractivity contribution in [1.82, 2.24) is 19.7 Å². The van der Waals surface area contributed by atoms with Crippen molar-refractivity contribution in [3.05, 3.63) is 41.7 Å². The number of aromatic nitrogens is 4. The maximum absolute atomic E-state index is 6.08. The van der Waals surface area contributed by atoms with Gasteiger partial charge in [-0.3, -0.25) is 9.67 Å². The Morgan fingerprint density at radius 1 is 1.44 bits per heavy atom. The zero-order chi connectivity index (χ0) is 11.5. The first-order valence-corrected chi connectivity index (χ1v) is 5.19. The Morgan fingerprint density at radius 3 is 2.88 bits per heavy atom. The van der Waals surface area contributed by atoms with Crippen molar-refractivity contribution in [2.45, 2.75) is 19.4 Å². The molecule has 0 radical (unpaired) electrons. The summed E-state index contributed by atoms with van der Waals surface area (Å²) in [6, 6.07) is 5.73. The lowest BCUT2D eigenvalue weighted by Gasteiger charge is -2.10. The second-order valence-electron chi connectivity index (χ2n) is 3.81. The lowest BCUT2D eigenvalue weighted by atomic mass is 10.1. The summed E-state index contributed by atoms with van der Waals surface area (Å²) < 4.78 is 1.73. The second-order valence-corrected chi connectivity index (χ2v) is 3.81. The molecule has 0 aliphatic carbocycles. The standard InChI is InChI=1S/C11H15N5/c1-8-4-3-5-10(15-8)9(12)6-11-13-7-14-16(11)2/h3-5,7,9H,6,12H2,1-2H3. The topological polar surface area (TPSA) is 69.6 Å². The van der Waals surface area contributed by atoms with Gasteiger partial charge in [-0.15, -0.1) is 0 Å². The third-order valence-electron chi connectivity index (χ3n) is 2.50. The summed E-state index contributed by atoms with van der Waals surface area (Å²) in [7, 11) is 1.86. The number of aryl methyl sites for hydroxylation is 2. The molecule has 0 saturated carbocycles. The summed E-state index contributed by atoms with van der Waals surface area (Å²) in [4.78, 5) is 8.55. The monoisotopic (exact) mass is 217 g/mol. The Balaban J connectivity index is 2.14. The van der Waals surface area contributed by atoms with Gasteiger partial charge in [0.2, 0.25) is 0 Å². The van der Waals surface area contributed by atoms with Crippen molar-refractivity contribution in [3.63, 3.8) is 0 Å². The van der Waals surface area contributed by atoms with Crippen LogP contribution in [0.1, 0.15) is 23.3 Å². The van der Waals surface area contributed by atoms with Gasteiger partial charge in [0, 0.05) is 19.2 Å². The second kappa shape index (κ2) is 4.40. The van der Waals surface area contributed by atoms with Crippen LogP contribution in [0.2, 0.25) is 0 Å². The summed E-state index contributed by atoms with van der Waals surface area (Å²) in [5.74, 6) is 0.871. The molecule has 1 unspecified atom stereocenters. The van der Waals surface area contributed by atoms with Crippen LogP contribution in [0.5, 0.6) is 0 Å². The summed E-state index contributed by atoms with van der Waals surface area (Å²) in [5.41, 5.74) is 7.95. The fourth-order valence-electron chi connectivity index (χ4n) is 1.58. The molecule has 0 bridgehead atoms. The zero-order valence-corrected chi connectivity index (χ0v) is 9.46. The van der Waals surface area contributed by atoms with E-state index in [0.29, 0.717) is 6.42 Å². The molecule has 2 N–H and O–H groups in total. The van der Waals surface area contributed by atoms with Gasteiger partial charge in [-0.2, -0.15) is 5.10 Å². The van der Waals surface area contributed by atoms with Gasteiger partial charge in [0.05, 0.1) is 11.7 Å². The Labute approximate surface area is 94.3 Å². The van der Waals surface area contributed by atoms with E-state index < -0.39 is 0 Å². The van der Waals surface area contributed by atoms with E-state index in [1.165, 1.54) is 6.33 Å². The number of pyridine rings is 1. The van der Waals surface area contributed by atoms with E-state index in [2.05, 4.69) is 15.1 Å². The first-order valence-electron chi connectivity index (χ1n) is 5.19. The van der Waals surface area contributed by atoms with Gasteiger partial charge >= 0.3 is 0 Å². The largest absolute Gasteiger partial charge is 0.322 e. The zero-order valence-electron chi connectivity index (χ0n) is 9.46. The van der Waals surface area contributed by atoms with Gasteiger partial charge in [0.1, 0.15) is 12.2 Å². The molecule has 0 aliphatic heterocycles. The van der Waals surface area contributed by atoms with Gasteiger partial charge in [-0.1, -0.05) is 6.07 Å². The van der Waals surface area contributed by atoms with Crippen molar-refractivity contribution >= 4 is 0 Å². The fourth-order valence-corrected chi connectivity index (χ4v) is 1.58. The lowest BCUT2D eigenvalue weighted by molar-refractivity contribution is 0.617. The van der Waals surface area contributed by atoms with E-state index in [0.717, 1.165) is 17.2 Å². The van der Waals surface area contributed by atoms with Gasteiger partial charge in [0.15, 0.2) is 0 Å². The van der Waals surface area contributed by atoms with Crippen LogP contribution < -0.4 is 5.73 Å². The molecule has 0 saturated heterocycles. The molecule has 0 amide bonds. The maximum atomic E-state index is 6.08. The van der Waals surface area contributed by atoms with E-state index in [4.69, 9.17) is 5.73 Å². The normalized spacial score (nSPS) is 12.7. The van der Waals surface area contributed by atoms with Crippen molar-refractivity contribution in [1.29, 1.82) is 0 Å². The highest BCUT2D eigenvalue weighted by Crippen LogP contribution is 2.12. The highest BCUT2D eigenvalue weighted by molar-refractivity contribution is 5.14. The Bertz CT molecular complexity index is 477. The SMILES string of the molecule is Cc1cccc(C(N)Cc2ncnn2C)n1. The van der Waals surface area contributed by atoms with Crippen molar-refractivity contribution in [3.8, 4) is 0 Å². The van der Waals surface area contributed by atoms with Crippen molar-refractivity contribution in [2.24, 2.45) is 12.8 Å². The maximum Gasteiger partial charge on any atom is 0.138 e. The minimum absolute atomic E-state index is 0.136. The predicted molar refractivity (Wildman–Crippen MR) is 60.6 cm³/mol. The average Bonchev–Trinajstić information content (AvgIpc) is 2.64. The molecule has 0 fully saturated rings. The van der Waals surface area contributed by atoms with E-state index in [-0.39, 0.29) is 6.04 Å². The minimum Gasteiger partial charge on any atom is -0.322 e. The molecule has 1 atom stereocenters. The van der Waals surface area contributed by atoms with Crippen LogP contribution in [0.25, 0.3) is 0 Å². The summed E-state index contributed by atoms with van der Waals surface area (Å²) in [5, 5.41) is 4.01. The number of nitrogens with two attached hydrogens (primary N) is 1. The molecule has 84 valence electrons. The van der Waals surface area contributed by atoms with E-state index in [1.807, 2.05) is 32.2 Å². The molecule has 16 heavy (non-hydrogen) atoms. The fraction of sp³-hybridized carbons (Fsp3) is 0.364. The minimum atomic E-state index is -0.136. The molecule has 5 nitrogen and oxygen atoms in total. The first-order chi connectivity index (χ1) is 7.66. The highest BCUT2D eigenvalue weighted by atomic mass is 15.3. The van der Waals surface area contributed by atoms with Crippen LogP contribution in [0.15, 0.2) is 24.5 Å². The molecule has 0 aliphatic rings. The van der Waals surface area contributed by atoms with E-state index in [9.17, 15) is 0 Å². The van der Waals surface area contributed by atoms with Crippen LogP contribution in [0, 0.1) is 6.92 Å². The van der Waals surface area contributed by atoms with Gasteiger partial charge in [0.25, 0.3) is 0 Å². The smallest absolute Gasteiger partial charge is 0.138 e. The predicted octanol–water partition coefficient (Wildman–Crippen LogP) is 0.761. The average molecular weight is 217 g/mol. The number of hydrogen-bond donors (Lipinski definition) is 1. The van der Waals surface area contributed by atoms with Crippen LogP contribution >= 0.6 is 0 Å². The van der Waals surface area contributed by atoms with Crippen molar-refractivity contribution < 1.29 is 0 Å². The molecule has 5 heteroatoms. The molecule has 2 aromatic rings. The summed E-state index contributed by atoms with van der Waals surface area (Å²) in [6.45, 7) is 1.96. The lowest BCUT2D eigenvalue weighted by Crippen LogP contribution is -2.17. The highest BCUT2D eigenvalue weighted by Gasteiger charge is 2.11. The van der Waals surface area contributed by atoms with Gasteiger partial charge < -0.3 is 5.73 Å². The third kappa shape index (κ3) is 2.25. The Morgan fingerprint density at radius 2 is 2.25 bits per heavy atom. The summed E-state index contributed by atoms with van der Waals surface area (Å²) >= 11 is 0. The molecule has 2 rings (SSSR count). The van der Waals surface area contributed by atoms with Crippen LogP contribution in [-0.2, 0) is 13.5 Å². The molecular weight excluding hydrogens is 202 g/mol. The molecular formula is C11H15N5. The van der Waals surface area contributed by atoms with Gasteiger partial charge in [-0.05, 0) is 19.1 Å². The quantitative estimate of drug-likeness (QED) is 0.824. The van der Waals surface area contributed by atoms with E-state index in [1.54, 1.807) is 4.68 Å². The van der Waals surface area contributed by atoms with Gasteiger partial charge in [-0.25, -0.2) is 4.98 Å². The Hall–Kier alpha value is -1.75. The molecule has 0 spiro atoms. The molecule has 2 heterocycles. The Kier molecular flexibility index (Phi) is 2.96. The molecule has 0 aromatic carbocycles. The van der Waals surface area contributed by atoms with Crippen LogP contribution in [-0.4, -0.2) is 19.7 Å². The number of rotatable bonds is 3. The van der Waals surface area contributed by atoms with Crippen molar-refractivity contribution in [2.75, 3.05) is 0 Å². The van der Waals surface area contributed by atoms with Crippen LogP contribution in [0.3, 0.4) is 0 Å². The summed E-state index contributed by atoms with van der Waals surface area (Å²) in [6.07, 6.45) is 2.18. The number of nitrogens with zero attached hydrogens (tertiary/aromatic N) is 4. The molecule has 2 aromatic heterocycles. The first kappa shape index (κ1) is 10.8. The van der Waals surface area contributed by atoms with E-state index >= 15 is 0 Å². The third-order valence-corrected chi connectivity index (χ3v) is 2.50.